The monoisotopic (exact) mass is 463 g/mol. The molecule has 1 aliphatic rings. The molecule has 3 aromatic rings. The highest BCUT2D eigenvalue weighted by atomic mass is 16.5. The Bertz CT molecular complexity index is 1110. The summed E-state index contributed by atoms with van der Waals surface area (Å²) in [5.41, 5.74) is 3.50. The number of hydrogen-bond acceptors (Lipinski definition) is 6. The van der Waals surface area contributed by atoms with Gasteiger partial charge >= 0.3 is 12.0 Å². The van der Waals surface area contributed by atoms with Gasteiger partial charge in [0.05, 0.1) is 7.11 Å². The van der Waals surface area contributed by atoms with E-state index >= 15 is 0 Å². The molecule has 178 valence electrons. The molecule has 1 N–H and O–H groups in total. The molecule has 2 heterocycles. The van der Waals surface area contributed by atoms with Gasteiger partial charge in [0.25, 0.3) is 0 Å². The van der Waals surface area contributed by atoms with Gasteiger partial charge in [-0.25, -0.2) is 14.8 Å². The molecule has 1 aliphatic heterocycles. The molecule has 1 fully saturated rings. The van der Waals surface area contributed by atoms with Crippen molar-refractivity contribution in [2.75, 3.05) is 27.2 Å². The van der Waals surface area contributed by atoms with Gasteiger partial charge in [0.1, 0.15) is 11.1 Å². The van der Waals surface area contributed by atoms with Crippen LogP contribution in [0.15, 0.2) is 52.9 Å². The molecule has 8 nitrogen and oxygen atoms in total. The lowest BCUT2D eigenvalue weighted by molar-refractivity contribution is -0.150. The van der Waals surface area contributed by atoms with Gasteiger partial charge in [0.2, 0.25) is 5.89 Å². The Hall–Kier alpha value is -3.65. The third-order valence-electron chi connectivity index (χ3n) is 6.42. The van der Waals surface area contributed by atoms with Crippen molar-refractivity contribution in [3.63, 3.8) is 0 Å². The number of carbonyl (C=O) groups excluding carboxylic acids is 2. The number of esters is 1. The first-order valence-corrected chi connectivity index (χ1v) is 11.2. The highest BCUT2D eigenvalue weighted by molar-refractivity contribution is 5.84. The highest BCUT2D eigenvalue weighted by Crippen LogP contribution is 2.42. The molecule has 34 heavy (non-hydrogen) atoms. The van der Waals surface area contributed by atoms with Crippen LogP contribution in [0.2, 0.25) is 0 Å². The van der Waals surface area contributed by atoms with Crippen LogP contribution in [0.25, 0.3) is 22.6 Å². The third kappa shape index (κ3) is 4.28. The van der Waals surface area contributed by atoms with E-state index in [1.807, 2.05) is 62.4 Å². The number of aromatic nitrogens is 1. The van der Waals surface area contributed by atoms with E-state index in [2.05, 4.69) is 0 Å². The second kappa shape index (κ2) is 9.30. The Morgan fingerprint density at radius 3 is 2.03 bits per heavy atom. The van der Waals surface area contributed by atoms with E-state index in [1.165, 1.54) is 19.1 Å². The number of methoxy groups -OCH3 is 1. The van der Waals surface area contributed by atoms with Gasteiger partial charge in [0, 0.05) is 31.3 Å². The molecule has 8 heteroatoms. The Kier molecular flexibility index (Phi) is 6.43. The number of rotatable bonds is 4. The summed E-state index contributed by atoms with van der Waals surface area (Å²) in [6.45, 7) is 4.54. The molecule has 0 spiro atoms. The quantitative estimate of drug-likeness (QED) is 0.346. The van der Waals surface area contributed by atoms with Gasteiger partial charge in [0.15, 0.2) is 5.76 Å². The summed E-state index contributed by atoms with van der Waals surface area (Å²) in [6, 6.07) is 15.4. The second-order valence-corrected chi connectivity index (χ2v) is 8.80. The van der Waals surface area contributed by atoms with Gasteiger partial charge in [-0.1, -0.05) is 59.7 Å². The Morgan fingerprint density at radius 2 is 1.53 bits per heavy atom. The summed E-state index contributed by atoms with van der Waals surface area (Å²) in [6.07, 6.45) is 0.529. The summed E-state index contributed by atoms with van der Waals surface area (Å²) >= 11 is 0. The molecule has 0 radical (unpaired) electrons. The number of likely N-dealkylation sites (tertiary alicyclic amines) is 1. The maximum Gasteiger partial charge on any atom is 0.343 e. The molecule has 4 rings (SSSR count). The fraction of sp³-hybridized carbons (Fsp3) is 0.346. The lowest BCUT2D eigenvalue weighted by atomic mass is 9.78. The van der Waals surface area contributed by atoms with Crippen LogP contribution < -0.4 is 0 Å². The molecule has 0 aliphatic carbocycles. The molecule has 0 atom stereocenters. The SMILES string of the molecule is COC(=O)C1(c2nc(-c3ccc(C)cc3)c(-c3ccc(C)cc3)o2)CCN(C(=O)N(C)O)CC1. The van der Waals surface area contributed by atoms with Gasteiger partial charge in [-0.3, -0.25) is 10.0 Å². The first-order chi connectivity index (χ1) is 16.2. The standard InChI is InChI=1S/C26H29N3O5/c1-17-5-9-19(10-6-17)21-22(20-11-7-18(2)8-12-20)34-23(27-21)26(24(30)33-4)13-15-29(16-14-26)25(31)28(3)32/h5-12,32H,13-16H2,1-4H3. The van der Waals surface area contributed by atoms with Gasteiger partial charge in [-0.05, 0) is 26.7 Å². The molecular weight excluding hydrogens is 434 g/mol. The normalized spacial score (nSPS) is 15.1. The third-order valence-corrected chi connectivity index (χ3v) is 6.42. The summed E-state index contributed by atoms with van der Waals surface area (Å²) in [7, 11) is 2.62. The molecule has 0 saturated carbocycles. The van der Waals surface area contributed by atoms with Crippen LogP contribution in [-0.4, -0.2) is 59.4 Å². The number of piperidine rings is 1. The van der Waals surface area contributed by atoms with Crippen LogP contribution >= 0.6 is 0 Å². The van der Waals surface area contributed by atoms with E-state index in [9.17, 15) is 14.8 Å². The van der Waals surface area contributed by atoms with Crippen LogP contribution in [0.5, 0.6) is 0 Å². The van der Waals surface area contributed by atoms with Crippen molar-refractivity contribution < 1.29 is 24.0 Å². The number of nitrogens with zero attached hydrogens (tertiary/aromatic N) is 3. The fourth-order valence-electron chi connectivity index (χ4n) is 4.32. The summed E-state index contributed by atoms with van der Waals surface area (Å²) in [4.78, 5) is 31.7. The van der Waals surface area contributed by atoms with Gasteiger partial charge < -0.3 is 14.1 Å². The smallest absolute Gasteiger partial charge is 0.343 e. The lowest BCUT2D eigenvalue weighted by Crippen LogP contribution is -2.51. The Balaban J connectivity index is 1.80. The van der Waals surface area contributed by atoms with Gasteiger partial charge in [-0.2, -0.15) is 0 Å². The number of oxazole rings is 1. The topological polar surface area (TPSA) is 96.1 Å². The van der Waals surface area contributed by atoms with Crippen molar-refractivity contribution in [2.45, 2.75) is 32.1 Å². The maximum atomic E-state index is 13.1. The minimum atomic E-state index is -1.14. The fourth-order valence-corrected chi connectivity index (χ4v) is 4.32. The zero-order chi connectivity index (χ0) is 24.5. The van der Waals surface area contributed by atoms with E-state index in [1.54, 1.807) is 0 Å². The zero-order valence-corrected chi connectivity index (χ0v) is 19.9. The zero-order valence-electron chi connectivity index (χ0n) is 19.9. The first-order valence-electron chi connectivity index (χ1n) is 11.2. The second-order valence-electron chi connectivity index (χ2n) is 8.80. The average Bonchev–Trinajstić information content (AvgIpc) is 3.30. The maximum absolute atomic E-state index is 13.1. The largest absolute Gasteiger partial charge is 0.468 e. The summed E-state index contributed by atoms with van der Waals surface area (Å²) in [5, 5.41) is 10.1. The number of carbonyl (C=O) groups is 2. The number of benzene rings is 2. The van der Waals surface area contributed by atoms with Crippen LogP contribution in [0.4, 0.5) is 4.79 Å². The molecule has 2 amide bonds. The minimum Gasteiger partial charge on any atom is -0.468 e. The van der Waals surface area contributed by atoms with Crippen LogP contribution in [0, 0.1) is 13.8 Å². The Labute approximate surface area is 198 Å². The first kappa shape index (κ1) is 23.5. The lowest BCUT2D eigenvalue weighted by Gasteiger charge is -2.38. The van der Waals surface area contributed by atoms with E-state index in [0.717, 1.165) is 22.3 Å². The van der Waals surface area contributed by atoms with Crippen LogP contribution in [-0.2, 0) is 14.9 Å². The van der Waals surface area contributed by atoms with Gasteiger partial charge in [-0.15, -0.1) is 0 Å². The van der Waals surface area contributed by atoms with Crippen LogP contribution in [0.1, 0.15) is 29.9 Å². The number of ether oxygens (including phenoxy) is 1. The molecular formula is C26H29N3O5. The summed E-state index contributed by atoms with van der Waals surface area (Å²) in [5.74, 6) is 0.398. The average molecular weight is 464 g/mol. The van der Waals surface area contributed by atoms with Crippen molar-refractivity contribution in [1.29, 1.82) is 0 Å². The van der Waals surface area contributed by atoms with Crippen molar-refractivity contribution in [1.82, 2.24) is 14.9 Å². The summed E-state index contributed by atoms with van der Waals surface area (Å²) < 4.78 is 11.5. The number of urea groups is 1. The molecule has 2 aromatic carbocycles. The van der Waals surface area contributed by atoms with E-state index in [0.29, 0.717) is 16.5 Å². The van der Waals surface area contributed by atoms with Crippen molar-refractivity contribution in [2.24, 2.45) is 0 Å². The number of hydroxylamine groups is 2. The predicted molar refractivity (Wildman–Crippen MR) is 126 cm³/mol. The van der Waals surface area contributed by atoms with Crippen molar-refractivity contribution in [3.8, 4) is 22.6 Å². The molecule has 1 saturated heterocycles. The predicted octanol–water partition coefficient (Wildman–Crippen LogP) is 4.57. The molecule has 0 bridgehead atoms. The number of hydrogen-bond donors (Lipinski definition) is 1. The highest BCUT2D eigenvalue weighted by Gasteiger charge is 2.49. The minimum absolute atomic E-state index is 0.251. The molecule has 0 unspecified atom stereocenters. The number of aryl methyl sites for hydroxylation is 2. The van der Waals surface area contributed by atoms with E-state index in [4.69, 9.17) is 14.1 Å². The van der Waals surface area contributed by atoms with E-state index < -0.39 is 17.4 Å². The number of amides is 2. The van der Waals surface area contributed by atoms with Crippen LogP contribution in [0.3, 0.4) is 0 Å². The van der Waals surface area contributed by atoms with E-state index in [-0.39, 0.29) is 31.8 Å². The van der Waals surface area contributed by atoms with Crippen molar-refractivity contribution in [3.05, 3.63) is 65.5 Å². The molecule has 1 aromatic heterocycles. The van der Waals surface area contributed by atoms with Crippen molar-refractivity contribution >= 4 is 12.0 Å². The Morgan fingerprint density at radius 1 is 1.00 bits per heavy atom.